The molecule has 1 aromatic carbocycles. The van der Waals surface area contributed by atoms with Crippen LogP contribution in [0.25, 0.3) is 6.08 Å². The summed E-state index contributed by atoms with van der Waals surface area (Å²) in [5, 5.41) is 0. The van der Waals surface area contributed by atoms with Crippen LogP contribution < -0.4 is 10.5 Å². The van der Waals surface area contributed by atoms with E-state index >= 15 is 0 Å². The zero-order valence-electron chi connectivity index (χ0n) is 10.2. The minimum absolute atomic E-state index is 0.543. The topological polar surface area (TPSA) is 38.5 Å². The molecule has 0 atom stereocenters. The Kier molecular flexibility index (Phi) is 5.02. The minimum Gasteiger partial charge on any atom is -0.496 e. The van der Waals surface area contributed by atoms with Gasteiger partial charge in [0.1, 0.15) is 5.75 Å². The highest BCUT2D eigenvalue weighted by Crippen LogP contribution is 2.25. The van der Waals surface area contributed by atoms with Crippen LogP contribution in [0.1, 0.15) is 11.1 Å². The molecule has 0 bridgehead atoms. The van der Waals surface area contributed by atoms with Gasteiger partial charge >= 0.3 is 0 Å². The summed E-state index contributed by atoms with van der Waals surface area (Å²) >= 11 is 0. The molecule has 0 saturated heterocycles. The Morgan fingerprint density at radius 1 is 1.38 bits per heavy atom. The first-order valence-electron chi connectivity index (χ1n) is 5.36. The summed E-state index contributed by atoms with van der Waals surface area (Å²) in [4.78, 5) is 2.12. The second kappa shape index (κ2) is 6.30. The first kappa shape index (κ1) is 12.7. The van der Waals surface area contributed by atoms with E-state index in [1.165, 1.54) is 5.56 Å². The van der Waals surface area contributed by atoms with Gasteiger partial charge in [0.05, 0.1) is 7.11 Å². The standard InChI is InChI=1S/C13H20N2O/c1-15(2)10-12-7-4-6-11(8-5-9-14)13(12)16-3/h4-8H,9-10,14H2,1-3H3/b8-5+. The lowest BCUT2D eigenvalue weighted by atomic mass is 10.1. The van der Waals surface area contributed by atoms with Gasteiger partial charge in [0.2, 0.25) is 0 Å². The Bertz CT molecular complexity index is 359. The van der Waals surface area contributed by atoms with Crippen LogP contribution in [-0.4, -0.2) is 32.6 Å². The molecule has 88 valence electrons. The Balaban J connectivity index is 3.05. The average Bonchev–Trinajstić information content (AvgIpc) is 2.25. The Labute approximate surface area is 97.5 Å². The van der Waals surface area contributed by atoms with E-state index in [9.17, 15) is 0 Å². The van der Waals surface area contributed by atoms with Crippen LogP contribution >= 0.6 is 0 Å². The first-order chi connectivity index (χ1) is 7.69. The van der Waals surface area contributed by atoms with E-state index in [1.807, 2.05) is 38.4 Å². The van der Waals surface area contributed by atoms with Crippen LogP contribution in [0, 0.1) is 0 Å². The molecule has 0 unspecified atom stereocenters. The number of ether oxygens (including phenoxy) is 1. The third-order valence-corrected chi connectivity index (χ3v) is 2.25. The molecular formula is C13H20N2O. The normalized spacial score (nSPS) is 11.3. The lowest BCUT2D eigenvalue weighted by Gasteiger charge is -2.15. The highest BCUT2D eigenvalue weighted by molar-refractivity contribution is 5.60. The Hall–Kier alpha value is -1.32. The molecule has 3 heteroatoms. The molecule has 0 heterocycles. The molecule has 3 nitrogen and oxygen atoms in total. The van der Waals surface area contributed by atoms with Crippen molar-refractivity contribution in [2.45, 2.75) is 6.54 Å². The number of rotatable bonds is 5. The Morgan fingerprint density at radius 3 is 2.69 bits per heavy atom. The van der Waals surface area contributed by atoms with Gasteiger partial charge in [-0.15, -0.1) is 0 Å². The monoisotopic (exact) mass is 220 g/mol. The highest BCUT2D eigenvalue weighted by Gasteiger charge is 2.07. The smallest absolute Gasteiger partial charge is 0.130 e. The van der Waals surface area contributed by atoms with E-state index in [0.717, 1.165) is 17.9 Å². The molecule has 0 spiro atoms. The molecule has 0 aliphatic heterocycles. The van der Waals surface area contributed by atoms with E-state index < -0.39 is 0 Å². The summed E-state index contributed by atoms with van der Waals surface area (Å²) in [5.41, 5.74) is 7.71. The van der Waals surface area contributed by atoms with Crippen molar-refractivity contribution in [3.8, 4) is 5.75 Å². The van der Waals surface area contributed by atoms with Crippen LogP contribution in [0.3, 0.4) is 0 Å². The zero-order chi connectivity index (χ0) is 12.0. The number of methoxy groups -OCH3 is 1. The maximum atomic E-state index is 5.46. The van der Waals surface area contributed by atoms with Crippen LogP contribution in [0.5, 0.6) is 5.75 Å². The van der Waals surface area contributed by atoms with Gasteiger partial charge in [-0.3, -0.25) is 0 Å². The van der Waals surface area contributed by atoms with Crippen molar-refractivity contribution >= 4 is 6.08 Å². The van der Waals surface area contributed by atoms with Gasteiger partial charge in [-0.2, -0.15) is 0 Å². The number of nitrogens with two attached hydrogens (primary N) is 1. The SMILES string of the molecule is COc1c(/C=C/CN)cccc1CN(C)C. The second-order valence-corrected chi connectivity index (χ2v) is 3.92. The molecule has 0 aromatic heterocycles. The summed E-state index contributed by atoms with van der Waals surface area (Å²) < 4.78 is 5.46. The van der Waals surface area contributed by atoms with Crippen molar-refractivity contribution in [2.75, 3.05) is 27.7 Å². The third-order valence-electron chi connectivity index (χ3n) is 2.25. The molecule has 1 aromatic rings. The number of hydrogen-bond donors (Lipinski definition) is 1. The van der Waals surface area contributed by atoms with Crippen molar-refractivity contribution in [3.05, 3.63) is 35.4 Å². The number of para-hydroxylation sites is 1. The Morgan fingerprint density at radius 2 is 2.12 bits per heavy atom. The number of benzene rings is 1. The van der Waals surface area contributed by atoms with E-state index in [1.54, 1.807) is 7.11 Å². The first-order valence-corrected chi connectivity index (χ1v) is 5.36. The van der Waals surface area contributed by atoms with Gasteiger partial charge in [-0.25, -0.2) is 0 Å². The predicted molar refractivity (Wildman–Crippen MR) is 68.5 cm³/mol. The molecule has 0 aliphatic rings. The predicted octanol–water partition coefficient (Wildman–Crippen LogP) is 1.73. The lowest BCUT2D eigenvalue weighted by Crippen LogP contribution is -2.11. The summed E-state index contributed by atoms with van der Waals surface area (Å²) in [6.07, 6.45) is 3.93. The average molecular weight is 220 g/mol. The lowest BCUT2D eigenvalue weighted by molar-refractivity contribution is 0.371. The molecule has 0 aliphatic carbocycles. The molecule has 16 heavy (non-hydrogen) atoms. The largest absolute Gasteiger partial charge is 0.496 e. The maximum Gasteiger partial charge on any atom is 0.130 e. The van der Waals surface area contributed by atoms with Crippen molar-refractivity contribution in [1.82, 2.24) is 4.90 Å². The van der Waals surface area contributed by atoms with E-state index in [0.29, 0.717) is 6.54 Å². The summed E-state index contributed by atoms with van der Waals surface area (Å²) in [5.74, 6) is 0.931. The molecular weight excluding hydrogens is 200 g/mol. The maximum absolute atomic E-state index is 5.46. The number of hydrogen-bond acceptors (Lipinski definition) is 3. The van der Waals surface area contributed by atoms with Gasteiger partial charge in [0.15, 0.2) is 0 Å². The van der Waals surface area contributed by atoms with Gasteiger partial charge in [0.25, 0.3) is 0 Å². The quantitative estimate of drug-likeness (QED) is 0.821. The fraction of sp³-hybridized carbons (Fsp3) is 0.385. The van der Waals surface area contributed by atoms with Crippen LogP contribution in [0.4, 0.5) is 0 Å². The molecule has 0 saturated carbocycles. The summed E-state index contributed by atoms with van der Waals surface area (Å²) in [7, 11) is 5.79. The third kappa shape index (κ3) is 3.36. The van der Waals surface area contributed by atoms with Crippen molar-refractivity contribution < 1.29 is 4.74 Å². The molecule has 0 amide bonds. The second-order valence-electron chi connectivity index (χ2n) is 3.92. The van der Waals surface area contributed by atoms with Crippen molar-refractivity contribution in [2.24, 2.45) is 5.73 Å². The molecule has 2 N–H and O–H groups in total. The van der Waals surface area contributed by atoms with Gasteiger partial charge < -0.3 is 15.4 Å². The fourth-order valence-corrected chi connectivity index (χ4v) is 1.65. The van der Waals surface area contributed by atoms with Crippen molar-refractivity contribution in [3.63, 3.8) is 0 Å². The highest BCUT2D eigenvalue weighted by atomic mass is 16.5. The van der Waals surface area contributed by atoms with Gasteiger partial charge in [0, 0.05) is 24.2 Å². The molecule has 0 radical (unpaired) electrons. The number of nitrogens with zero attached hydrogens (tertiary/aromatic N) is 1. The van der Waals surface area contributed by atoms with E-state index in [2.05, 4.69) is 11.0 Å². The van der Waals surface area contributed by atoms with Gasteiger partial charge in [-0.1, -0.05) is 30.4 Å². The van der Waals surface area contributed by atoms with Crippen LogP contribution in [0.15, 0.2) is 24.3 Å². The van der Waals surface area contributed by atoms with Crippen LogP contribution in [-0.2, 0) is 6.54 Å². The zero-order valence-corrected chi connectivity index (χ0v) is 10.2. The minimum atomic E-state index is 0.543. The fourth-order valence-electron chi connectivity index (χ4n) is 1.65. The molecule has 1 rings (SSSR count). The molecule has 0 fully saturated rings. The summed E-state index contributed by atoms with van der Waals surface area (Å²) in [6, 6.07) is 6.15. The van der Waals surface area contributed by atoms with Crippen molar-refractivity contribution in [1.29, 1.82) is 0 Å². The summed E-state index contributed by atoms with van der Waals surface area (Å²) in [6.45, 7) is 1.41. The van der Waals surface area contributed by atoms with E-state index in [-0.39, 0.29) is 0 Å². The van der Waals surface area contributed by atoms with Gasteiger partial charge in [-0.05, 0) is 14.1 Å². The van der Waals surface area contributed by atoms with Crippen LogP contribution in [0.2, 0.25) is 0 Å². The van der Waals surface area contributed by atoms with E-state index in [4.69, 9.17) is 10.5 Å².